The number of benzene rings is 1. The van der Waals surface area contributed by atoms with Crippen molar-refractivity contribution in [2.24, 2.45) is 0 Å². The third-order valence-electron chi connectivity index (χ3n) is 1.74. The van der Waals surface area contributed by atoms with E-state index in [1.54, 1.807) is 12.1 Å². The molecule has 0 heterocycles. The van der Waals surface area contributed by atoms with Crippen molar-refractivity contribution in [3.8, 4) is 11.5 Å². The highest BCUT2D eigenvalue weighted by Crippen LogP contribution is 2.32. The summed E-state index contributed by atoms with van der Waals surface area (Å²) in [4.78, 5) is 0. The molecule has 0 aliphatic carbocycles. The second-order valence-corrected chi connectivity index (χ2v) is 2.79. The van der Waals surface area contributed by atoms with Crippen molar-refractivity contribution in [2.45, 2.75) is 13.8 Å². The molecule has 0 radical (unpaired) electrons. The Morgan fingerprint density at radius 3 is 1.71 bits per heavy atom. The zero-order chi connectivity index (χ0) is 10.6. The van der Waals surface area contributed by atoms with Crippen LogP contribution in [-0.4, -0.2) is 13.2 Å². The van der Waals surface area contributed by atoms with Crippen LogP contribution < -0.4 is 20.9 Å². The summed E-state index contributed by atoms with van der Waals surface area (Å²) in [5.41, 5.74) is 12.5. The summed E-state index contributed by atoms with van der Waals surface area (Å²) in [6, 6.07) is 3.37. The van der Waals surface area contributed by atoms with E-state index < -0.39 is 0 Å². The van der Waals surface area contributed by atoms with Crippen LogP contribution >= 0.6 is 0 Å². The molecule has 4 N–H and O–H groups in total. The fourth-order valence-electron chi connectivity index (χ4n) is 1.16. The van der Waals surface area contributed by atoms with E-state index in [1.165, 1.54) is 0 Å². The van der Waals surface area contributed by atoms with Crippen molar-refractivity contribution in [3.05, 3.63) is 12.1 Å². The summed E-state index contributed by atoms with van der Waals surface area (Å²) < 4.78 is 10.6. The molecule has 78 valence electrons. The maximum atomic E-state index is 5.71. The lowest BCUT2D eigenvalue weighted by molar-refractivity contribution is 0.325. The quantitative estimate of drug-likeness (QED) is 0.718. The van der Waals surface area contributed by atoms with Gasteiger partial charge in [0.15, 0.2) is 0 Å². The number of hydrogen-bond acceptors (Lipinski definition) is 4. The van der Waals surface area contributed by atoms with Gasteiger partial charge in [-0.3, -0.25) is 0 Å². The van der Waals surface area contributed by atoms with E-state index in [1.807, 2.05) is 13.8 Å². The molecule has 0 saturated carbocycles. The molecule has 0 unspecified atom stereocenters. The Bertz CT molecular complexity index is 286. The maximum absolute atomic E-state index is 5.71. The van der Waals surface area contributed by atoms with Crippen LogP contribution in [0.1, 0.15) is 13.8 Å². The van der Waals surface area contributed by atoms with Crippen LogP contribution in [0.25, 0.3) is 0 Å². The minimum Gasteiger partial charge on any atom is -0.492 e. The standard InChI is InChI=1S/C10H16N2O2/c1-3-13-9-6-10(14-4-2)8(12)5-7(9)11/h5-6H,3-4,11-12H2,1-2H3. The van der Waals surface area contributed by atoms with Crippen molar-refractivity contribution in [1.82, 2.24) is 0 Å². The first-order chi connectivity index (χ1) is 6.69. The van der Waals surface area contributed by atoms with Gasteiger partial charge >= 0.3 is 0 Å². The Kier molecular flexibility index (Phi) is 3.45. The first-order valence-corrected chi connectivity index (χ1v) is 4.63. The molecule has 0 aliphatic rings. The number of ether oxygens (including phenoxy) is 2. The minimum atomic E-state index is 0.535. The predicted molar refractivity (Wildman–Crippen MR) is 57.6 cm³/mol. The van der Waals surface area contributed by atoms with E-state index in [2.05, 4.69) is 0 Å². The first kappa shape index (κ1) is 10.5. The van der Waals surface area contributed by atoms with Gasteiger partial charge < -0.3 is 20.9 Å². The topological polar surface area (TPSA) is 70.5 Å². The van der Waals surface area contributed by atoms with Crippen LogP contribution in [0, 0.1) is 0 Å². The van der Waals surface area contributed by atoms with Crippen molar-refractivity contribution in [3.63, 3.8) is 0 Å². The fraction of sp³-hybridized carbons (Fsp3) is 0.400. The minimum absolute atomic E-state index is 0.535. The van der Waals surface area contributed by atoms with Crippen LogP contribution in [0.3, 0.4) is 0 Å². The van der Waals surface area contributed by atoms with Gasteiger partial charge in [-0.2, -0.15) is 0 Å². The molecule has 0 aliphatic heterocycles. The zero-order valence-corrected chi connectivity index (χ0v) is 8.54. The van der Waals surface area contributed by atoms with Crippen molar-refractivity contribution in [1.29, 1.82) is 0 Å². The highest BCUT2D eigenvalue weighted by atomic mass is 16.5. The average molecular weight is 196 g/mol. The Morgan fingerprint density at radius 1 is 0.929 bits per heavy atom. The fourth-order valence-corrected chi connectivity index (χ4v) is 1.16. The third kappa shape index (κ3) is 2.22. The van der Waals surface area contributed by atoms with Gasteiger partial charge in [0.05, 0.1) is 24.6 Å². The molecule has 0 amide bonds. The smallest absolute Gasteiger partial charge is 0.146 e. The van der Waals surface area contributed by atoms with Gasteiger partial charge in [0.2, 0.25) is 0 Å². The van der Waals surface area contributed by atoms with Crippen molar-refractivity contribution >= 4 is 11.4 Å². The SMILES string of the molecule is CCOc1cc(OCC)c(N)cc1N. The lowest BCUT2D eigenvalue weighted by atomic mass is 10.2. The second-order valence-electron chi connectivity index (χ2n) is 2.79. The summed E-state index contributed by atoms with van der Waals surface area (Å²) >= 11 is 0. The monoisotopic (exact) mass is 196 g/mol. The molecular weight excluding hydrogens is 180 g/mol. The number of nitrogens with two attached hydrogens (primary N) is 2. The van der Waals surface area contributed by atoms with Gasteiger partial charge in [0, 0.05) is 6.07 Å². The van der Waals surface area contributed by atoms with E-state index in [0.29, 0.717) is 36.1 Å². The Balaban J connectivity index is 3.00. The molecule has 0 aromatic heterocycles. The van der Waals surface area contributed by atoms with Crippen molar-refractivity contribution < 1.29 is 9.47 Å². The molecule has 14 heavy (non-hydrogen) atoms. The van der Waals surface area contributed by atoms with Gasteiger partial charge in [-0.25, -0.2) is 0 Å². The van der Waals surface area contributed by atoms with Crippen LogP contribution in [0.2, 0.25) is 0 Å². The molecule has 0 fully saturated rings. The summed E-state index contributed by atoms with van der Waals surface area (Å²) in [5, 5.41) is 0. The zero-order valence-electron chi connectivity index (χ0n) is 8.54. The van der Waals surface area contributed by atoms with E-state index in [4.69, 9.17) is 20.9 Å². The third-order valence-corrected chi connectivity index (χ3v) is 1.74. The largest absolute Gasteiger partial charge is 0.492 e. The summed E-state index contributed by atoms with van der Waals surface area (Å²) in [7, 11) is 0. The molecule has 0 atom stereocenters. The number of rotatable bonds is 4. The van der Waals surface area contributed by atoms with Gasteiger partial charge in [0.25, 0.3) is 0 Å². The lowest BCUT2D eigenvalue weighted by Crippen LogP contribution is -2.02. The van der Waals surface area contributed by atoms with E-state index in [9.17, 15) is 0 Å². The van der Waals surface area contributed by atoms with Gasteiger partial charge in [-0.05, 0) is 19.9 Å². The van der Waals surface area contributed by atoms with Gasteiger partial charge in [-0.15, -0.1) is 0 Å². The number of hydrogen-bond donors (Lipinski definition) is 2. The molecular formula is C10H16N2O2. The molecule has 0 bridgehead atoms. The normalized spacial score (nSPS) is 9.86. The Morgan fingerprint density at radius 2 is 1.36 bits per heavy atom. The molecule has 0 saturated heterocycles. The summed E-state index contributed by atoms with van der Waals surface area (Å²) in [6.45, 7) is 4.94. The van der Waals surface area contributed by atoms with Crippen LogP contribution in [-0.2, 0) is 0 Å². The van der Waals surface area contributed by atoms with Gasteiger partial charge in [0.1, 0.15) is 11.5 Å². The van der Waals surface area contributed by atoms with Gasteiger partial charge in [-0.1, -0.05) is 0 Å². The molecule has 1 aromatic carbocycles. The molecule has 0 spiro atoms. The lowest BCUT2D eigenvalue weighted by Gasteiger charge is -2.11. The highest BCUT2D eigenvalue weighted by molar-refractivity contribution is 5.67. The van der Waals surface area contributed by atoms with Crippen LogP contribution in [0.4, 0.5) is 11.4 Å². The van der Waals surface area contributed by atoms with E-state index >= 15 is 0 Å². The molecule has 4 nitrogen and oxygen atoms in total. The Labute approximate surface area is 83.8 Å². The summed E-state index contributed by atoms with van der Waals surface area (Å²) in [5.74, 6) is 1.23. The second kappa shape index (κ2) is 4.60. The highest BCUT2D eigenvalue weighted by Gasteiger charge is 2.06. The van der Waals surface area contributed by atoms with E-state index in [-0.39, 0.29) is 0 Å². The molecule has 1 rings (SSSR count). The maximum Gasteiger partial charge on any atom is 0.146 e. The summed E-state index contributed by atoms with van der Waals surface area (Å²) in [6.07, 6.45) is 0. The van der Waals surface area contributed by atoms with Crippen molar-refractivity contribution in [2.75, 3.05) is 24.7 Å². The number of nitrogen functional groups attached to an aromatic ring is 2. The molecule has 1 aromatic rings. The first-order valence-electron chi connectivity index (χ1n) is 4.63. The number of anilines is 2. The molecule has 4 heteroatoms. The van der Waals surface area contributed by atoms with Crippen LogP contribution in [0.15, 0.2) is 12.1 Å². The predicted octanol–water partition coefficient (Wildman–Crippen LogP) is 1.65. The Hall–Kier alpha value is -1.58. The van der Waals surface area contributed by atoms with E-state index in [0.717, 1.165) is 0 Å². The van der Waals surface area contributed by atoms with Crippen LogP contribution in [0.5, 0.6) is 11.5 Å². The average Bonchev–Trinajstić information content (AvgIpc) is 2.14.